The number of pyridine rings is 2. The van der Waals surface area contributed by atoms with Gasteiger partial charge in [0, 0.05) is 37.8 Å². The van der Waals surface area contributed by atoms with Gasteiger partial charge in [0.2, 0.25) is 0 Å². The third kappa shape index (κ3) is 4.09. The van der Waals surface area contributed by atoms with Crippen LogP contribution < -0.4 is 26.5 Å². The summed E-state index contributed by atoms with van der Waals surface area (Å²) >= 11 is 6.37. The summed E-state index contributed by atoms with van der Waals surface area (Å²) in [7, 11) is 0. The number of amides is 1. The minimum Gasteiger partial charge on any atom is -0.480 e. The van der Waals surface area contributed by atoms with E-state index in [1.54, 1.807) is 21.3 Å². The minimum absolute atomic E-state index is 0.0362. The number of anilines is 1. The standard InChI is InChI=1S/C23H24ClN7O4/c24-15-7-18-22(28-19(32)12-35-18)27-17(15)8-25-13-3-5-29(6-4-13)10-14-11-30-20(33)2-1-16-23(30)31(14)21(34)9-26-16/h1-2,7,9,13-14,25H,3-6,8,10-12H2,(H,27,28,32)/t14-/m1/s1. The zero-order valence-electron chi connectivity index (χ0n) is 18.9. The van der Waals surface area contributed by atoms with E-state index in [1.165, 1.54) is 12.3 Å². The lowest BCUT2D eigenvalue weighted by atomic mass is 10.0. The third-order valence-corrected chi connectivity index (χ3v) is 7.24. The van der Waals surface area contributed by atoms with E-state index in [4.69, 9.17) is 16.3 Å². The van der Waals surface area contributed by atoms with Crippen molar-refractivity contribution in [1.29, 1.82) is 0 Å². The number of fused-ring (bicyclic) bond motifs is 1. The fourth-order valence-corrected chi connectivity index (χ4v) is 5.38. The number of ether oxygens (including phenoxy) is 1. The van der Waals surface area contributed by atoms with E-state index in [2.05, 4.69) is 25.5 Å². The average molecular weight is 498 g/mol. The Morgan fingerprint density at radius 2 is 2.00 bits per heavy atom. The van der Waals surface area contributed by atoms with Gasteiger partial charge < -0.3 is 20.3 Å². The molecule has 1 atom stereocenters. The van der Waals surface area contributed by atoms with Crippen molar-refractivity contribution in [3.8, 4) is 5.75 Å². The second-order valence-corrected chi connectivity index (χ2v) is 9.57. The number of nitrogens with one attached hydrogen (secondary N) is 2. The molecule has 0 spiro atoms. The van der Waals surface area contributed by atoms with Gasteiger partial charge in [0.15, 0.2) is 18.2 Å². The molecule has 0 radical (unpaired) electrons. The van der Waals surface area contributed by atoms with Crippen molar-refractivity contribution in [3.63, 3.8) is 0 Å². The summed E-state index contributed by atoms with van der Waals surface area (Å²) in [6.07, 6.45) is 3.20. The number of rotatable bonds is 5. The van der Waals surface area contributed by atoms with Crippen LogP contribution in [0.3, 0.4) is 0 Å². The molecule has 1 saturated heterocycles. The van der Waals surface area contributed by atoms with E-state index in [-0.39, 0.29) is 29.7 Å². The van der Waals surface area contributed by atoms with Crippen LogP contribution in [0, 0.1) is 0 Å². The first-order valence-electron chi connectivity index (χ1n) is 11.6. The summed E-state index contributed by atoms with van der Waals surface area (Å²) < 4.78 is 8.74. The normalized spacial score (nSPS) is 20.0. The fourth-order valence-electron chi connectivity index (χ4n) is 5.17. The molecule has 182 valence electrons. The van der Waals surface area contributed by atoms with E-state index < -0.39 is 0 Å². The lowest BCUT2D eigenvalue weighted by Gasteiger charge is -2.34. The first-order chi connectivity index (χ1) is 17.0. The Bertz CT molecular complexity index is 1440. The fraction of sp³-hybridized carbons (Fsp3) is 0.435. The van der Waals surface area contributed by atoms with E-state index >= 15 is 0 Å². The molecule has 3 aromatic heterocycles. The smallest absolute Gasteiger partial charge is 0.270 e. The Morgan fingerprint density at radius 3 is 2.83 bits per heavy atom. The van der Waals surface area contributed by atoms with Gasteiger partial charge in [0.1, 0.15) is 11.2 Å². The molecule has 3 aliphatic rings. The number of likely N-dealkylation sites (tertiary alicyclic amines) is 1. The van der Waals surface area contributed by atoms with Crippen LogP contribution in [0.1, 0.15) is 24.6 Å². The summed E-state index contributed by atoms with van der Waals surface area (Å²) in [4.78, 5) is 47.5. The predicted octanol–water partition coefficient (Wildman–Crippen LogP) is 0.746. The van der Waals surface area contributed by atoms with Crippen LogP contribution in [0.2, 0.25) is 5.02 Å². The average Bonchev–Trinajstić information content (AvgIpc) is 3.24. The minimum atomic E-state index is -0.233. The van der Waals surface area contributed by atoms with Crippen molar-refractivity contribution in [2.75, 3.05) is 31.6 Å². The van der Waals surface area contributed by atoms with Crippen LogP contribution in [0.25, 0.3) is 11.2 Å². The van der Waals surface area contributed by atoms with Crippen LogP contribution in [0.4, 0.5) is 5.82 Å². The molecule has 0 bridgehead atoms. The van der Waals surface area contributed by atoms with Gasteiger partial charge in [-0.2, -0.15) is 0 Å². The van der Waals surface area contributed by atoms with Crippen molar-refractivity contribution in [1.82, 2.24) is 29.3 Å². The number of carbonyl (C=O) groups excluding carboxylic acids is 1. The summed E-state index contributed by atoms with van der Waals surface area (Å²) in [5, 5.41) is 6.73. The molecule has 12 heteroatoms. The molecule has 6 rings (SSSR count). The Labute approximate surface area is 204 Å². The Balaban J connectivity index is 1.07. The van der Waals surface area contributed by atoms with Gasteiger partial charge in [-0.3, -0.25) is 23.5 Å². The molecular formula is C23H24ClN7O4. The number of aromatic nitrogens is 4. The lowest BCUT2D eigenvalue weighted by molar-refractivity contribution is -0.118. The van der Waals surface area contributed by atoms with Crippen molar-refractivity contribution in [2.45, 2.75) is 38.0 Å². The SMILES string of the molecule is O=C1COc2cc(Cl)c(CNC3CCN(C[C@@H]4Cn5c(=O)ccc6ncc(=O)n4c65)CC3)nc2N1. The highest BCUT2D eigenvalue weighted by Gasteiger charge is 2.30. The molecule has 0 aliphatic carbocycles. The summed E-state index contributed by atoms with van der Waals surface area (Å²) in [5.41, 5.74) is 1.66. The zero-order chi connectivity index (χ0) is 24.1. The molecule has 35 heavy (non-hydrogen) atoms. The van der Waals surface area contributed by atoms with Gasteiger partial charge in [-0.05, 0) is 32.0 Å². The Hall–Kier alpha value is -3.28. The van der Waals surface area contributed by atoms with Crippen LogP contribution in [-0.4, -0.2) is 62.2 Å². The van der Waals surface area contributed by atoms with Gasteiger partial charge in [-0.1, -0.05) is 11.6 Å². The highest BCUT2D eigenvalue weighted by atomic mass is 35.5. The van der Waals surface area contributed by atoms with Crippen molar-refractivity contribution in [2.24, 2.45) is 0 Å². The Kier molecular flexibility index (Phi) is 5.54. The van der Waals surface area contributed by atoms with Crippen LogP contribution in [0.15, 0.2) is 34.0 Å². The molecule has 6 heterocycles. The number of carbonyl (C=O) groups is 1. The molecule has 2 N–H and O–H groups in total. The van der Waals surface area contributed by atoms with Gasteiger partial charge in [0.05, 0.1) is 23.0 Å². The van der Waals surface area contributed by atoms with Gasteiger partial charge in [0.25, 0.3) is 17.0 Å². The molecule has 3 aromatic rings. The molecule has 11 nitrogen and oxygen atoms in total. The second kappa shape index (κ2) is 8.74. The van der Waals surface area contributed by atoms with E-state index in [0.717, 1.165) is 25.9 Å². The number of piperidine rings is 1. The first kappa shape index (κ1) is 22.2. The largest absolute Gasteiger partial charge is 0.480 e. The maximum absolute atomic E-state index is 12.6. The van der Waals surface area contributed by atoms with Crippen molar-refractivity contribution in [3.05, 3.63) is 55.8 Å². The molecule has 0 unspecified atom stereocenters. The second-order valence-electron chi connectivity index (χ2n) is 9.17. The van der Waals surface area contributed by atoms with Crippen LogP contribution in [0.5, 0.6) is 5.75 Å². The topological polar surface area (TPSA) is 123 Å². The van der Waals surface area contributed by atoms with Crippen molar-refractivity contribution >= 4 is 34.5 Å². The predicted molar refractivity (Wildman–Crippen MR) is 129 cm³/mol. The number of hydrogen-bond acceptors (Lipinski definition) is 8. The third-order valence-electron chi connectivity index (χ3n) is 6.92. The molecule has 1 fully saturated rings. The molecule has 1 amide bonds. The highest BCUT2D eigenvalue weighted by molar-refractivity contribution is 6.31. The van der Waals surface area contributed by atoms with Gasteiger partial charge in [-0.25, -0.2) is 9.97 Å². The van der Waals surface area contributed by atoms with Crippen LogP contribution >= 0.6 is 11.6 Å². The zero-order valence-corrected chi connectivity index (χ0v) is 19.6. The summed E-state index contributed by atoms with van der Waals surface area (Å²) in [5.74, 6) is 0.645. The number of halogens is 1. The highest BCUT2D eigenvalue weighted by Crippen LogP contribution is 2.31. The van der Waals surface area contributed by atoms with E-state index in [1.807, 2.05) is 0 Å². The lowest BCUT2D eigenvalue weighted by Crippen LogP contribution is -2.44. The number of nitrogens with zero attached hydrogens (tertiary/aromatic N) is 5. The van der Waals surface area contributed by atoms with E-state index in [9.17, 15) is 14.4 Å². The maximum Gasteiger partial charge on any atom is 0.270 e. The maximum atomic E-state index is 12.6. The summed E-state index contributed by atoms with van der Waals surface area (Å²) in [6, 6.07) is 5.07. The van der Waals surface area contributed by atoms with E-state index in [0.29, 0.717) is 59.1 Å². The Morgan fingerprint density at radius 1 is 1.17 bits per heavy atom. The molecular weight excluding hydrogens is 474 g/mol. The summed E-state index contributed by atoms with van der Waals surface area (Å²) in [6.45, 7) is 3.38. The molecule has 0 aromatic carbocycles. The number of hydrogen-bond donors (Lipinski definition) is 2. The molecule has 0 saturated carbocycles. The quantitative estimate of drug-likeness (QED) is 0.529. The van der Waals surface area contributed by atoms with Gasteiger partial charge in [-0.15, -0.1) is 0 Å². The van der Waals surface area contributed by atoms with Gasteiger partial charge >= 0.3 is 0 Å². The monoisotopic (exact) mass is 497 g/mol. The molecule has 3 aliphatic heterocycles. The van der Waals surface area contributed by atoms with Crippen LogP contribution in [-0.2, 0) is 17.9 Å². The van der Waals surface area contributed by atoms with Crippen molar-refractivity contribution < 1.29 is 9.53 Å². The first-order valence-corrected chi connectivity index (χ1v) is 12.0.